The van der Waals surface area contributed by atoms with Crippen LogP contribution in [0.2, 0.25) is 0 Å². The van der Waals surface area contributed by atoms with Crippen LogP contribution in [-0.2, 0) is 0 Å². The maximum Gasteiger partial charge on any atom is 0.399 e. The Kier molecular flexibility index (Phi) is 2.81. The highest BCUT2D eigenvalue weighted by Crippen LogP contribution is 2.16. The van der Waals surface area contributed by atoms with Crippen molar-refractivity contribution in [2.24, 2.45) is 0 Å². The zero-order chi connectivity index (χ0) is 9.14. The monoisotopic (exact) mass is 285 g/mol. The minimum absolute atomic E-state index is 0.214. The number of halogens is 1. The van der Waals surface area contributed by atoms with Gasteiger partial charge >= 0.3 is 5.82 Å². The molecule has 8 heteroatoms. The highest BCUT2D eigenvalue weighted by atomic mass is 127. The molecule has 0 aliphatic rings. The number of aliphatic hydroxyl groups is 1. The molecule has 0 bridgehead atoms. The summed E-state index contributed by atoms with van der Waals surface area (Å²) in [5.41, 5.74) is 0. The first kappa shape index (κ1) is 9.19. The van der Waals surface area contributed by atoms with E-state index in [1.165, 1.54) is 0 Å². The summed E-state index contributed by atoms with van der Waals surface area (Å²) in [6, 6.07) is 0. The van der Waals surface area contributed by atoms with Crippen molar-refractivity contribution < 1.29 is 14.9 Å². The van der Waals surface area contributed by atoms with E-state index in [-0.39, 0.29) is 9.52 Å². The zero-order valence-corrected chi connectivity index (χ0v) is 7.83. The van der Waals surface area contributed by atoms with Crippen molar-refractivity contribution in [3.8, 4) is 0 Å². The lowest BCUT2D eigenvalue weighted by Crippen LogP contribution is -2.12. The Balaban J connectivity index is 2.96. The number of imidazole rings is 1. The van der Waals surface area contributed by atoms with E-state index in [2.05, 4.69) is 9.82 Å². The molecule has 12 heavy (non-hydrogen) atoms. The molecule has 1 aromatic heterocycles. The molecule has 0 unspecified atom stereocenters. The van der Waals surface area contributed by atoms with Gasteiger partial charge in [0.15, 0.2) is 0 Å². The van der Waals surface area contributed by atoms with Crippen LogP contribution in [0.3, 0.4) is 0 Å². The van der Waals surface area contributed by atoms with E-state index < -0.39 is 11.7 Å². The van der Waals surface area contributed by atoms with Crippen LogP contribution in [0, 0.1) is 13.8 Å². The van der Waals surface area contributed by atoms with Crippen molar-refractivity contribution in [1.82, 2.24) is 9.71 Å². The summed E-state index contributed by atoms with van der Waals surface area (Å²) in [7, 11) is 0. The van der Waals surface area contributed by atoms with E-state index in [0.29, 0.717) is 0 Å². The van der Waals surface area contributed by atoms with Gasteiger partial charge in [-0.15, -0.1) is 4.73 Å². The second-order valence-corrected chi connectivity index (χ2v) is 2.72. The number of aromatic nitrogens is 2. The van der Waals surface area contributed by atoms with Crippen LogP contribution in [0.4, 0.5) is 5.82 Å². The van der Waals surface area contributed by atoms with Crippen molar-refractivity contribution >= 4 is 28.4 Å². The average Bonchev–Trinajstić information content (AvgIpc) is 2.34. The number of nitrogens with zero attached hydrogens (tertiary/aromatic N) is 3. The third-order valence-corrected chi connectivity index (χ3v) is 1.99. The molecule has 7 nitrogen and oxygen atoms in total. The minimum Gasteiger partial charge on any atom is -0.381 e. The first-order valence-corrected chi connectivity index (χ1v) is 3.86. The van der Waals surface area contributed by atoms with Gasteiger partial charge in [0.25, 0.3) is 0 Å². The zero-order valence-electron chi connectivity index (χ0n) is 5.68. The molecule has 0 amide bonds. The van der Waals surface area contributed by atoms with E-state index >= 15 is 0 Å². The molecule has 1 heterocycles. The van der Waals surface area contributed by atoms with Crippen LogP contribution >= 0.6 is 22.6 Å². The van der Waals surface area contributed by atoms with Gasteiger partial charge in [-0.2, -0.15) is 0 Å². The summed E-state index contributed by atoms with van der Waals surface area (Å²) in [5, 5.41) is 18.6. The van der Waals surface area contributed by atoms with Gasteiger partial charge in [-0.3, -0.25) is 0 Å². The second kappa shape index (κ2) is 3.67. The minimum atomic E-state index is -0.626. The molecule has 0 atom stereocenters. The van der Waals surface area contributed by atoms with Crippen LogP contribution in [0.1, 0.15) is 0 Å². The summed E-state index contributed by atoms with van der Waals surface area (Å²) in [6.45, 7) is -0.552. The molecular weight excluding hydrogens is 281 g/mol. The van der Waals surface area contributed by atoms with Crippen molar-refractivity contribution in [3.63, 3.8) is 0 Å². The summed E-state index contributed by atoms with van der Waals surface area (Å²) in [5.74, 6) is -0.288. The van der Waals surface area contributed by atoms with Crippen LogP contribution in [0.15, 0.2) is 6.33 Å². The quantitative estimate of drug-likeness (QED) is 0.358. The maximum absolute atomic E-state index is 10.2. The summed E-state index contributed by atoms with van der Waals surface area (Å²) in [6.07, 6.45) is 1.12. The lowest BCUT2D eigenvalue weighted by atomic mass is 10.8. The fourth-order valence-electron chi connectivity index (χ4n) is 0.584. The number of nitro groups is 1. The average molecular weight is 285 g/mol. The Labute approximate surface area is 80.2 Å². The van der Waals surface area contributed by atoms with Gasteiger partial charge in [-0.05, 0) is 32.5 Å². The molecule has 0 aliphatic heterocycles. The number of hydrogen-bond donors (Lipinski definition) is 1. The first-order valence-electron chi connectivity index (χ1n) is 2.78. The normalized spacial score (nSPS) is 9.83. The summed E-state index contributed by atoms with van der Waals surface area (Å²) >= 11 is 1.70. The molecule has 0 aliphatic carbocycles. The standard InChI is InChI=1S/C4H4IN3O4/c5-3-4(8(10)11)6-1-7(3)12-2-9/h1,9H,2H2. The van der Waals surface area contributed by atoms with Crippen LogP contribution < -0.4 is 4.84 Å². The highest BCUT2D eigenvalue weighted by Gasteiger charge is 2.19. The smallest absolute Gasteiger partial charge is 0.381 e. The highest BCUT2D eigenvalue weighted by molar-refractivity contribution is 14.1. The van der Waals surface area contributed by atoms with Gasteiger partial charge in [-0.25, -0.2) is 0 Å². The molecule has 0 radical (unpaired) electrons. The van der Waals surface area contributed by atoms with Gasteiger partial charge in [0.2, 0.25) is 16.8 Å². The third-order valence-electron chi connectivity index (χ3n) is 1.03. The molecule has 0 aromatic carbocycles. The third kappa shape index (κ3) is 1.64. The van der Waals surface area contributed by atoms with Gasteiger partial charge in [-0.1, -0.05) is 0 Å². The fraction of sp³-hybridized carbons (Fsp3) is 0.250. The predicted octanol–water partition coefficient (Wildman–Crippen LogP) is -0.226. The lowest BCUT2D eigenvalue weighted by molar-refractivity contribution is -0.390. The predicted molar refractivity (Wildman–Crippen MR) is 45.3 cm³/mol. The van der Waals surface area contributed by atoms with E-state index in [4.69, 9.17) is 5.11 Å². The molecule has 0 saturated carbocycles. The van der Waals surface area contributed by atoms with Crippen molar-refractivity contribution in [1.29, 1.82) is 0 Å². The molecular formula is C4H4IN3O4. The summed E-state index contributed by atoms with van der Waals surface area (Å²) in [4.78, 5) is 17.6. The summed E-state index contributed by atoms with van der Waals surface area (Å²) < 4.78 is 1.24. The molecule has 0 saturated heterocycles. The number of rotatable bonds is 3. The molecule has 0 spiro atoms. The topological polar surface area (TPSA) is 90.4 Å². The van der Waals surface area contributed by atoms with E-state index in [1.54, 1.807) is 22.6 Å². The van der Waals surface area contributed by atoms with Gasteiger partial charge in [0.05, 0.1) is 0 Å². The number of aliphatic hydroxyl groups excluding tert-OH is 1. The second-order valence-electron chi connectivity index (χ2n) is 1.70. The maximum atomic E-state index is 10.2. The fourth-order valence-corrected chi connectivity index (χ4v) is 1.18. The molecule has 1 N–H and O–H groups in total. The SMILES string of the molecule is O=[N+]([O-])c1ncn(OCO)c1I. The number of hydrogen-bond acceptors (Lipinski definition) is 5. The van der Waals surface area contributed by atoms with Gasteiger partial charge < -0.3 is 20.1 Å². The lowest BCUT2D eigenvalue weighted by Gasteiger charge is -1.99. The Morgan fingerprint density at radius 1 is 1.92 bits per heavy atom. The largest absolute Gasteiger partial charge is 0.399 e. The van der Waals surface area contributed by atoms with E-state index in [1.807, 2.05) is 0 Å². The molecule has 66 valence electrons. The Morgan fingerprint density at radius 2 is 2.58 bits per heavy atom. The van der Waals surface area contributed by atoms with E-state index in [0.717, 1.165) is 11.1 Å². The van der Waals surface area contributed by atoms with Gasteiger partial charge in [0, 0.05) is 0 Å². The Hall–Kier alpha value is -0.900. The Bertz CT molecular complexity index is 298. The molecule has 0 fully saturated rings. The van der Waals surface area contributed by atoms with Crippen LogP contribution in [-0.4, -0.2) is 26.5 Å². The molecule has 1 aromatic rings. The first-order chi connectivity index (χ1) is 5.66. The van der Waals surface area contributed by atoms with Crippen molar-refractivity contribution in [3.05, 3.63) is 20.1 Å². The van der Waals surface area contributed by atoms with Crippen LogP contribution in [0.5, 0.6) is 0 Å². The van der Waals surface area contributed by atoms with E-state index in [9.17, 15) is 10.1 Å². The van der Waals surface area contributed by atoms with Crippen molar-refractivity contribution in [2.45, 2.75) is 0 Å². The van der Waals surface area contributed by atoms with Crippen LogP contribution in [0.25, 0.3) is 0 Å². The van der Waals surface area contributed by atoms with Gasteiger partial charge in [0.1, 0.15) is 0 Å². The van der Waals surface area contributed by atoms with Crippen molar-refractivity contribution in [2.75, 3.05) is 6.79 Å². The Morgan fingerprint density at radius 3 is 3.00 bits per heavy atom. The molecule has 1 rings (SSSR count).